The van der Waals surface area contributed by atoms with Crippen LogP contribution in [0, 0.1) is 0 Å². The fourth-order valence-corrected chi connectivity index (χ4v) is 1.46. The maximum absolute atomic E-state index is 11.2. The fourth-order valence-electron chi connectivity index (χ4n) is 1.46. The summed E-state index contributed by atoms with van der Waals surface area (Å²) in [6, 6.07) is 0. The number of carbonyl (C=O) groups is 1. The molecule has 0 unspecified atom stereocenters. The molecule has 1 rings (SSSR count). The van der Waals surface area contributed by atoms with Gasteiger partial charge < -0.3 is 10.0 Å². The predicted octanol–water partition coefficient (Wildman–Crippen LogP) is -0.691. The van der Waals surface area contributed by atoms with Crippen LogP contribution < -0.4 is 0 Å². The number of β-amino-alcohol motifs (C(OH)–C–C–N with tert-alkyl or cyclic N) is 1. The van der Waals surface area contributed by atoms with E-state index < -0.39 is 0 Å². The molecular formula is C9H16N2O2. The van der Waals surface area contributed by atoms with Gasteiger partial charge in [-0.25, -0.2) is 0 Å². The number of piperazine rings is 1. The first-order valence-electron chi connectivity index (χ1n) is 4.52. The van der Waals surface area contributed by atoms with E-state index in [4.69, 9.17) is 5.11 Å². The Morgan fingerprint density at radius 3 is 2.46 bits per heavy atom. The molecule has 0 saturated carbocycles. The van der Waals surface area contributed by atoms with Gasteiger partial charge in [0.05, 0.1) is 6.61 Å². The topological polar surface area (TPSA) is 43.8 Å². The van der Waals surface area contributed by atoms with Gasteiger partial charge in [-0.15, -0.1) is 0 Å². The maximum Gasteiger partial charge on any atom is 0.246 e. The van der Waals surface area contributed by atoms with Gasteiger partial charge in [-0.1, -0.05) is 6.58 Å². The molecule has 4 heteroatoms. The van der Waals surface area contributed by atoms with Crippen LogP contribution >= 0.6 is 0 Å². The molecular weight excluding hydrogens is 168 g/mol. The van der Waals surface area contributed by atoms with Crippen LogP contribution in [0.4, 0.5) is 0 Å². The van der Waals surface area contributed by atoms with Crippen LogP contribution in [0.5, 0.6) is 0 Å². The summed E-state index contributed by atoms with van der Waals surface area (Å²) in [5, 5.41) is 8.70. The van der Waals surface area contributed by atoms with Crippen LogP contribution in [0.1, 0.15) is 0 Å². The van der Waals surface area contributed by atoms with Gasteiger partial charge in [0, 0.05) is 32.7 Å². The lowest BCUT2D eigenvalue weighted by Crippen LogP contribution is -2.48. The van der Waals surface area contributed by atoms with Crippen molar-refractivity contribution in [2.45, 2.75) is 0 Å². The zero-order chi connectivity index (χ0) is 9.68. The first kappa shape index (κ1) is 10.2. The molecule has 74 valence electrons. The predicted molar refractivity (Wildman–Crippen MR) is 50.3 cm³/mol. The summed E-state index contributed by atoms with van der Waals surface area (Å²) in [4.78, 5) is 15.1. The van der Waals surface area contributed by atoms with Crippen molar-refractivity contribution in [2.75, 3.05) is 39.3 Å². The SMILES string of the molecule is C=CC(=O)N1CCN(CCO)CC1. The van der Waals surface area contributed by atoms with E-state index in [9.17, 15) is 4.79 Å². The molecule has 0 bridgehead atoms. The lowest BCUT2D eigenvalue weighted by atomic mass is 10.3. The molecule has 0 aromatic carbocycles. The highest BCUT2D eigenvalue weighted by Gasteiger charge is 2.18. The van der Waals surface area contributed by atoms with Crippen LogP contribution in [0.2, 0.25) is 0 Å². The molecule has 1 N–H and O–H groups in total. The molecule has 0 spiro atoms. The molecule has 1 heterocycles. The van der Waals surface area contributed by atoms with Crippen molar-refractivity contribution >= 4 is 5.91 Å². The molecule has 1 amide bonds. The van der Waals surface area contributed by atoms with Gasteiger partial charge in [-0.05, 0) is 6.08 Å². The smallest absolute Gasteiger partial charge is 0.246 e. The number of amides is 1. The zero-order valence-corrected chi connectivity index (χ0v) is 7.78. The minimum atomic E-state index is 0.00338. The second-order valence-electron chi connectivity index (χ2n) is 3.09. The third-order valence-corrected chi connectivity index (χ3v) is 2.27. The van der Waals surface area contributed by atoms with Crippen molar-refractivity contribution < 1.29 is 9.90 Å². The Kier molecular flexibility index (Phi) is 3.92. The van der Waals surface area contributed by atoms with Crippen LogP contribution in [0.3, 0.4) is 0 Å². The average molecular weight is 184 g/mol. The van der Waals surface area contributed by atoms with E-state index in [1.54, 1.807) is 4.90 Å². The molecule has 0 atom stereocenters. The van der Waals surface area contributed by atoms with Gasteiger partial charge in [0.1, 0.15) is 0 Å². The summed E-state index contributed by atoms with van der Waals surface area (Å²) >= 11 is 0. The average Bonchev–Trinajstić information content (AvgIpc) is 2.18. The van der Waals surface area contributed by atoms with Crippen LogP contribution in [0.15, 0.2) is 12.7 Å². The lowest BCUT2D eigenvalue weighted by Gasteiger charge is -2.33. The summed E-state index contributed by atoms with van der Waals surface area (Å²) in [6.45, 7) is 7.52. The van der Waals surface area contributed by atoms with Gasteiger partial charge >= 0.3 is 0 Å². The van der Waals surface area contributed by atoms with E-state index in [1.807, 2.05) is 0 Å². The fraction of sp³-hybridized carbons (Fsp3) is 0.667. The van der Waals surface area contributed by atoms with Gasteiger partial charge in [-0.3, -0.25) is 9.69 Å². The third kappa shape index (κ3) is 2.82. The standard InChI is InChI=1S/C9H16N2O2/c1-2-9(13)11-5-3-10(4-6-11)7-8-12/h2,12H,1,3-8H2. The van der Waals surface area contributed by atoms with Crippen molar-refractivity contribution in [3.63, 3.8) is 0 Å². The number of rotatable bonds is 3. The first-order valence-corrected chi connectivity index (χ1v) is 4.52. The molecule has 0 aromatic rings. The Morgan fingerprint density at radius 1 is 1.38 bits per heavy atom. The number of hydrogen-bond donors (Lipinski definition) is 1. The maximum atomic E-state index is 11.2. The van der Waals surface area contributed by atoms with E-state index in [2.05, 4.69) is 11.5 Å². The van der Waals surface area contributed by atoms with Gasteiger partial charge in [0.25, 0.3) is 0 Å². The van der Waals surface area contributed by atoms with Gasteiger partial charge in [0.2, 0.25) is 5.91 Å². The Balaban J connectivity index is 2.30. The largest absolute Gasteiger partial charge is 0.395 e. The number of nitrogens with zero attached hydrogens (tertiary/aromatic N) is 2. The van der Waals surface area contributed by atoms with Crippen molar-refractivity contribution in [3.05, 3.63) is 12.7 Å². The van der Waals surface area contributed by atoms with Crippen molar-refractivity contribution in [2.24, 2.45) is 0 Å². The van der Waals surface area contributed by atoms with E-state index in [0.29, 0.717) is 6.54 Å². The van der Waals surface area contributed by atoms with E-state index in [-0.39, 0.29) is 12.5 Å². The van der Waals surface area contributed by atoms with Crippen molar-refractivity contribution in [1.29, 1.82) is 0 Å². The Hall–Kier alpha value is -0.870. The van der Waals surface area contributed by atoms with Crippen LogP contribution in [0.25, 0.3) is 0 Å². The molecule has 1 aliphatic heterocycles. The molecule has 1 fully saturated rings. The summed E-state index contributed by atoms with van der Waals surface area (Å²) in [5.41, 5.74) is 0. The first-order chi connectivity index (χ1) is 6.27. The second-order valence-corrected chi connectivity index (χ2v) is 3.09. The van der Waals surface area contributed by atoms with Gasteiger partial charge in [-0.2, -0.15) is 0 Å². The normalized spacial score (nSPS) is 18.7. The summed E-state index contributed by atoms with van der Waals surface area (Å²) < 4.78 is 0. The zero-order valence-electron chi connectivity index (χ0n) is 7.78. The van der Waals surface area contributed by atoms with Crippen molar-refractivity contribution in [1.82, 2.24) is 9.80 Å². The number of carbonyl (C=O) groups excluding carboxylic acids is 1. The summed E-state index contributed by atoms with van der Waals surface area (Å²) in [5.74, 6) is 0.00338. The molecule has 1 aliphatic rings. The molecule has 13 heavy (non-hydrogen) atoms. The second kappa shape index (κ2) is 4.99. The number of hydrogen-bond acceptors (Lipinski definition) is 3. The van der Waals surface area contributed by atoms with Gasteiger partial charge in [0.15, 0.2) is 0 Å². The molecule has 0 aliphatic carbocycles. The highest BCUT2D eigenvalue weighted by Crippen LogP contribution is 2.01. The molecule has 0 radical (unpaired) electrons. The highest BCUT2D eigenvalue weighted by atomic mass is 16.3. The minimum Gasteiger partial charge on any atom is -0.395 e. The number of aliphatic hydroxyl groups excluding tert-OH is 1. The Bertz CT molecular complexity index is 186. The number of aliphatic hydroxyl groups is 1. The van der Waals surface area contributed by atoms with E-state index in [1.165, 1.54) is 6.08 Å². The monoisotopic (exact) mass is 184 g/mol. The Morgan fingerprint density at radius 2 is 2.00 bits per heavy atom. The van der Waals surface area contributed by atoms with Crippen LogP contribution in [-0.2, 0) is 4.79 Å². The molecule has 1 saturated heterocycles. The quantitative estimate of drug-likeness (QED) is 0.590. The van der Waals surface area contributed by atoms with Crippen molar-refractivity contribution in [3.8, 4) is 0 Å². The van der Waals surface area contributed by atoms with Crippen LogP contribution in [-0.4, -0.2) is 60.1 Å². The minimum absolute atomic E-state index is 0.00338. The van der Waals surface area contributed by atoms with E-state index >= 15 is 0 Å². The lowest BCUT2D eigenvalue weighted by molar-refractivity contribution is -0.127. The highest BCUT2D eigenvalue weighted by molar-refractivity contribution is 5.87. The Labute approximate surface area is 78.4 Å². The molecule has 4 nitrogen and oxygen atoms in total. The summed E-state index contributed by atoms with van der Waals surface area (Å²) in [7, 11) is 0. The summed E-state index contributed by atoms with van der Waals surface area (Å²) in [6.07, 6.45) is 1.35. The molecule has 0 aromatic heterocycles. The van der Waals surface area contributed by atoms with E-state index in [0.717, 1.165) is 26.2 Å². The third-order valence-electron chi connectivity index (χ3n) is 2.27.